The number of nitrogens with one attached hydrogen (secondary N) is 1. The van der Waals surface area contributed by atoms with Crippen LogP contribution in [0.15, 0.2) is 42.5 Å². The molecule has 2 amide bonds. The monoisotopic (exact) mass is 432 g/mol. The Balaban J connectivity index is 1.41. The van der Waals surface area contributed by atoms with E-state index < -0.39 is 0 Å². The van der Waals surface area contributed by atoms with Gasteiger partial charge >= 0.3 is 0 Å². The summed E-state index contributed by atoms with van der Waals surface area (Å²) in [6, 6.07) is 13.8. The second-order valence-corrected chi connectivity index (χ2v) is 9.54. The molecule has 0 unspecified atom stereocenters. The molecule has 2 aromatic carbocycles. The molecule has 1 N–H and O–H groups in total. The maximum Gasteiger partial charge on any atom is 0.255 e. The quantitative estimate of drug-likeness (QED) is 0.575. The third kappa shape index (κ3) is 5.06. The Hall–Kier alpha value is -2.62. The van der Waals surface area contributed by atoms with Gasteiger partial charge in [-0.15, -0.1) is 0 Å². The lowest BCUT2D eigenvalue weighted by molar-refractivity contribution is 0.0390. The highest BCUT2D eigenvalue weighted by Gasteiger charge is 2.35. The zero-order valence-electron chi connectivity index (χ0n) is 19.5. The first kappa shape index (κ1) is 22.6. The van der Waals surface area contributed by atoms with Crippen LogP contribution in [0.5, 0.6) is 0 Å². The van der Waals surface area contributed by atoms with Crippen molar-refractivity contribution in [3.05, 3.63) is 64.7 Å². The Bertz CT molecular complexity index is 948. The van der Waals surface area contributed by atoms with Crippen LogP contribution in [0.25, 0.3) is 0 Å². The van der Waals surface area contributed by atoms with Crippen molar-refractivity contribution in [1.29, 1.82) is 0 Å². The van der Waals surface area contributed by atoms with Gasteiger partial charge in [0.15, 0.2) is 0 Å². The van der Waals surface area contributed by atoms with Crippen LogP contribution in [0, 0.1) is 12.8 Å². The number of amides is 2. The molecule has 1 aliphatic carbocycles. The fourth-order valence-electron chi connectivity index (χ4n) is 5.40. The second kappa shape index (κ2) is 10.3. The second-order valence-electron chi connectivity index (χ2n) is 9.54. The van der Waals surface area contributed by atoms with E-state index in [0.29, 0.717) is 23.1 Å². The SMILES string of the molecule is CCCCc1ccc(NC(=O)c2ccc(C(=O)N3CCC[C@@H]4CCCC[C@@H]43)cc2)c(C)c1. The van der Waals surface area contributed by atoms with E-state index >= 15 is 0 Å². The van der Waals surface area contributed by atoms with Crippen LogP contribution in [-0.4, -0.2) is 29.3 Å². The van der Waals surface area contributed by atoms with Gasteiger partial charge in [0, 0.05) is 29.4 Å². The van der Waals surface area contributed by atoms with Crippen LogP contribution in [0.2, 0.25) is 0 Å². The van der Waals surface area contributed by atoms with Crippen LogP contribution in [0.1, 0.15) is 90.1 Å². The van der Waals surface area contributed by atoms with Gasteiger partial charge < -0.3 is 10.2 Å². The lowest BCUT2D eigenvalue weighted by atomic mass is 9.78. The highest BCUT2D eigenvalue weighted by molar-refractivity contribution is 6.05. The van der Waals surface area contributed by atoms with E-state index in [1.165, 1.54) is 44.1 Å². The number of unbranched alkanes of at least 4 members (excludes halogenated alkanes) is 1. The van der Waals surface area contributed by atoms with Crippen molar-refractivity contribution in [3.63, 3.8) is 0 Å². The average molecular weight is 433 g/mol. The average Bonchev–Trinajstić information content (AvgIpc) is 2.83. The number of rotatable bonds is 6. The fourth-order valence-corrected chi connectivity index (χ4v) is 5.40. The predicted octanol–water partition coefficient (Wildman–Crippen LogP) is 6.38. The third-order valence-electron chi connectivity index (χ3n) is 7.26. The Labute approximate surface area is 192 Å². The molecule has 0 radical (unpaired) electrons. The van der Waals surface area contributed by atoms with Crippen molar-refractivity contribution in [3.8, 4) is 0 Å². The fraction of sp³-hybridized carbons (Fsp3) is 0.500. The number of aryl methyl sites for hydroxylation is 2. The van der Waals surface area contributed by atoms with Gasteiger partial charge in [-0.2, -0.15) is 0 Å². The number of fused-ring (bicyclic) bond motifs is 1. The summed E-state index contributed by atoms with van der Waals surface area (Å²) in [5, 5.41) is 3.02. The van der Waals surface area contributed by atoms with Gasteiger partial charge in [-0.05, 0) is 92.8 Å². The Morgan fingerprint density at radius 2 is 1.69 bits per heavy atom. The number of hydrogen-bond acceptors (Lipinski definition) is 2. The number of anilines is 1. The molecule has 32 heavy (non-hydrogen) atoms. The minimum atomic E-state index is -0.140. The minimum Gasteiger partial charge on any atom is -0.335 e. The molecule has 0 aromatic heterocycles. The molecule has 2 fully saturated rings. The summed E-state index contributed by atoms with van der Waals surface area (Å²) >= 11 is 0. The summed E-state index contributed by atoms with van der Waals surface area (Å²) in [6.07, 6.45) is 10.7. The number of carbonyl (C=O) groups excluding carboxylic acids is 2. The molecule has 2 aliphatic rings. The van der Waals surface area contributed by atoms with Gasteiger partial charge in [-0.1, -0.05) is 38.3 Å². The van der Waals surface area contributed by atoms with Crippen LogP contribution in [0.4, 0.5) is 5.69 Å². The van der Waals surface area contributed by atoms with Crippen molar-refractivity contribution in [2.75, 3.05) is 11.9 Å². The maximum atomic E-state index is 13.2. The van der Waals surface area contributed by atoms with Gasteiger partial charge in [0.25, 0.3) is 11.8 Å². The van der Waals surface area contributed by atoms with Gasteiger partial charge in [0.1, 0.15) is 0 Å². The van der Waals surface area contributed by atoms with Crippen molar-refractivity contribution >= 4 is 17.5 Å². The molecule has 2 aromatic rings. The normalized spacial score (nSPS) is 20.5. The number of nitrogens with zero attached hydrogens (tertiary/aromatic N) is 1. The summed E-state index contributed by atoms with van der Waals surface area (Å²) in [4.78, 5) is 28.1. The van der Waals surface area contributed by atoms with E-state index in [1.807, 2.05) is 25.1 Å². The van der Waals surface area contributed by atoms with Gasteiger partial charge in [0.2, 0.25) is 0 Å². The molecule has 4 rings (SSSR count). The van der Waals surface area contributed by atoms with Crippen molar-refractivity contribution in [2.45, 2.75) is 77.7 Å². The van der Waals surface area contributed by atoms with E-state index in [2.05, 4.69) is 29.3 Å². The molecule has 4 nitrogen and oxygen atoms in total. The molecule has 1 heterocycles. The van der Waals surface area contributed by atoms with Gasteiger partial charge in [0.05, 0.1) is 0 Å². The summed E-state index contributed by atoms with van der Waals surface area (Å²) < 4.78 is 0. The Kier molecular flexibility index (Phi) is 7.29. The predicted molar refractivity (Wildman–Crippen MR) is 130 cm³/mol. The molecule has 1 saturated heterocycles. The van der Waals surface area contributed by atoms with E-state index in [4.69, 9.17) is 0 Å². The Morgan fingerprint density at radius 3 is 2.44 bits per heavy atom. The summed E-state index contributed by atoms with van der Waals surface area (Å²) in [5.74, 6) is 0.647. The van der Waals surface area contributed by atoms with Crippen molar-refractivity contribution in [2.24, 2.45) is 5.92 Å². The smallest absolute Gasteiger partial charge is 0.255 e. The number of carbonyl (C=O) groups is 2. The van der Waals surface area contributed by atoms with Crippen molar-refractivity contribution < 1.29 is 9.59 Å². The number of likely N-dealkylation sites (tertiary alicyclic amines) is 1. The molecular weight excluding hydrogens is 396 g/mol. The first-order chi connectivity index (χ1) is 15.6. The van der Waals surface area contributed by atoms with E-state index in [0.717, 1.165) is 37.1 Å². The first-order valence-electron chi connectivity index (χ1n) is 12.4. The van der Waals surface area contributed by atoms with E-state index in [1.54, 1.807) is 12.1 Å². The standard InChI is InChI=1S/C28H36N2O2/c1-3-4-8-21-12-17-25(20(2)19-21)29-27(31)23-13-15-24(16-14-23)28(32)30-18-7-10-22-9-5-6-11-26(22)30/h12-17,19,22,26H,3-11,18H2,1-2H3,(H,29,31)/t22-,26-/m0/s1. The topological polar surface area (TPSA) is 49.4 Å². The molecule has 1 saturated carbocycles. The summed E-state index contributed by atoms with van der Waals surface area (Å²) in [7, 11) is 0. The lowest BCUT2D eigenvalue weighted by Crippen LogP contribution is -2.49. The molecule has 170 valence electrons. The van der Waals surface area contributed by atoms with Gasteiger partial charge in [-0.25, -0.2) is 0 Å². The van der Waals surface area contributed by atoms with Crippen LogP contribution in [0.3, 0.4) is 0 Å². The highest BCUT2D eigenvalue weighted by atomic mass is 16.2. The third-order valence-corrected chi connectivity index (χ3v) is 7.26. The Morgan fingerprint density at radius 1 is 0.969 bits per heavy atom. The molecule has 0 spiro atoms. The van der Waals surface area contributed by atoms with Crippen LogP contribution < -0.4 is 5.32 Å². The zero-order chi connectivity index (χ0) is 22.5. The summed E-state index contributed by atoms with van der Waals surface area (Å²) in [5.41, 5.74) is 4.48. The molecule has 0 bridgehead atoms. The first-order valence-corrected chi connectivity index (χ1v) is 12.4. The number of hydrogen-bond donors (Lipinski definition) is 1. The summed E-state index contributed by atoms with van der Waals surface area (Å²) in [6.45, 7) is 5.08. The van der Waals surface area contributed by atoms with E-state index in [9.17, 15) is 9.59 Å². The molecule has 1 aliphatic heterocycles. The largest absolute Gasteiger partial charge is 0.335 e. The molecule has 4 heteroatoms. The minimum absolute atomic E-state index is 0.118. The number of benzene rings is 2. The van der Waals surface area contributed by atoms with E-state index in [-0.39, 0.29) is 11.8 Å². The molecular formula is C28H36N2O2. The lowest BCUT2D eigenvalue weighted by Gasteiger charge is -2.44. The van der Waals surface area contributed by atoms with Crippen molar-refractivity contribution in [1.82, 2.24) is 4.90 Å². The van der Waals surface area contributed by atoms with Gasteiger partial charge in [-0.3, -0.25) is 9.59 Å². The zero-order valence-corrected chi connectivity index (χ0v) is 19.5. The maximum absolute atomic E-state index is 13.2. The van der Waals surface area contributed by atoms with Crippen LogP contribution in [-0.2, 0) is 6.42 Å². The number of piperidine rings is 1. The highest BCUT2D eigenvalue weighted by Crippen LogP contribution is 2.36. The van der Waals surface area contributed by atoms with Crippen LogP contribution >= 0.6 is 0 Å². The molecule has 2 atom stereocenters.